The van der Waals surface area contributed by atoms with Crippen LogP contribution < -0.4 is 20.7 Å². The van der Waals surface area contributed by atoms with Crippen molar-refractivity contribution < 1.29 is 9.53 Å². The number of anilines is 3. The first kappa shape index (κ1) is 16.7. The lowest BCUT2D eigenvalue weighted by Gasteiger charge is -2.21. The van der Waals surface area contributed by atoms with Crippen LogP contribution in [0.5, 0.6) is 5.75 Å². The molecule has 0 aliphatic rings. The molecule has 0 bridgehead atoms. The number of nitrogens with two attached hydrogens (primary N) is 1. The third kappa shape index (κ3) is 3.94. The summed E-state index contributed by atoms with van der Waals surface area (Å²) in [6, 6.07) is 12.8. The van der Waals surface area contributed by atoms with Gasteiger partial charge >= 0.3 is 0 Å². The van der Waals surface area contributed by atoms with Gasteiger partial charge < -0.3 is 20.7 Å². The van der Waals surface area contributed by atoms with Crippen molar-refractivity contribution in [2.75, 3.05) is 36.1 Å². The zero-order valence-corrected chi connectivity index (χ0v) is 13.8. The second-order valence-electron chi connectivity index (χ2n) is 5.13. The van der Waals surface area contributed by atoms with E-state index >= 15 is 0 Å². The number of nitrogens with one attached hydrogen (secondary N) is 1. The third-order valence-corrected chi connectivity index (χ3v) is 3.75. The molecule has 1 amide bonds. The molecule has 0 saturated carbocycles. The average molecular weight is 313 g/mol. The molecule has 3 N–H and O–H groups in total. The first-order valence-electron chi connectivity index (χ1n) is 7.68. The predicted molar refractivity (Wildman–Crippen MR) is 95.4 cm³/mol. The molecule has 2 rings (SSSR count). The van der Waals surface area contributed by atoms with Gasteiger partial charge in [-0.3, -0.25) is 4.79 Å². The number of hydrogen-bond acceptors (Lipinski definition) is 4. The average Bonchev–Trinajstić information content (AvgIpc) is 2.57. The van der Waals surface area contributed by atoms with E-state index < -0.39 is 0 Å². The van der Waals surface area contributed by atoms with Crippen LogP contribution in [-0.2, 0) is 0 Å². The van der Waals surface area contributed by atoms with Gasteiger partial charge in [0.2, 0.25) is 0 Å². The maximum atomic E-state index is 12.3. The Balaban J connectivity index is 2.09. The highest BCUT2D eigenvalue weighted by atomic mass is 16.5. The second-order valence-corrected chi connectivity index (χ2v) is 5.13. The fourth-order valence-corrected chi connectivity index (χ4v) is 2.42. The number of nitrogen functional groups attached to an aromatic ring is 1. The Morgan fingerprint density at radius 3 is 2.30 bits per heavy atom. The Bertz CT molecular complexity index is 664. The molecule has 0 atom stereocenters. The Morgan fingerprint density at radius 1 is 1.13 bits per heavy atom. The van der Waals surface area contributed by atoms with Crippen molar-refractivity contribution in [3.63, 3.8) is 0 Å². The first-order valence-corrected chi connectivity index (χ1v) is 7.68. The zero-order valence-electron chi connectivity index (χ0n) is 13.8. The summed E-state index contributed by atoms with van der Waals surface area (Å²) in [6.07, 6.45) is 0. The van der Waals surface area contributed by atoms with Gasteiger partial charge in [0.15, 0.2) is 0 Å². The molecule has 0 unspecified atom stereocenters. The van der Waals surface area contributed by atoms with Crippen molar-refractivity contribution in [3.05, 3.63) is 48.0 Å². The van der Waals surface area contributed by atoms with Crippen LogP contribution in [0.2, 0.25) is 0 Å². The predicted octanol–water partition coefficient (Wildman–Crippen LogP) is 3.38. The van der Waals surface area contributed by atoms with Gasteiger partial charge in [0, 0.05) is 30.0 Å². The number of hydrogen-bond donors (Lipinski definition) is 2. The van der Waals surface area contributed by atoms with Gasteiger partial charge in [0.05, 0.1) is 12.8 Å². The summed E-state index contributed by atoms with van der Waals surface area (Å²) >= 11 is 0. The summed E-state index contributed by atoms with van der Waals surface area (Å²) in [5.74, 6) is 0.361. The molecule has 0 saturated heterocycles. The molecule has 2 aromatic rings. The lowest BCUT2D eigenvalue weighted by Crippen LogP contribution is -2.21. The number of rotatable bonds is 6. The molecule has 0 fully saturated rings. The number of amides is 1. The van der Waals surface area contributed by atoms with Crippen molar-refractivity contribution >= 4 is 23.0 Å². The summed E-state index contributed by atoms with van der Waals surface area (Å²) in [5.41, 5.74) is 8.67. The van der Waals surface area contributed by atoms with Gasteiger partial charge in [-0.25, -0.2) is 0 Å². The maximum Gasteiger partial charge on any atom is 0.255 e. The molecule has 23 heavy (non-hydrogen) atoms. The molecule has 5 nitrogen and oxygen atoms in total. The number of benzene rings is 2. The fourth-order valence-electron chi connectivity index (χ4n) is 2.42. The Labute approximate surface area is 137 Å². The van der Waals surface area contributed by atoms with E-state index in [1.54, 1.807) is 25.3 Å². The van der Waals surface area contributed by atoms with Crippen LogP contribution in [0.15, 0.2) is 42.5 Å². The Hall–Kier alpha value is -2.69. The summed E-state index contributed by atoms with van der Waals surface area (Å²) in [6.45, 7) is 6.14. The smallest absolute Gasteiger partial charge is 0.255 e. The van der Waals surface area contributed by atoms with Gasteiger partial charge in [-0.15, -0.1) is 0 Å². The van der Waals surface area contributed by atoms with Crippen molar-refractivity contribution in [3.8, 4) is 5.75 Å². The van der Waals surface area contributed by atoms with E-state index in [1.807, 2.05) is 24.3 Å². The maximum absolute atomic E-state index is 12.3. The molecular weight excluding hydrogens is 290 g/mol. The van der Waals surface area contributed by atoms with Gasteiger partial charge in [0.1, 0.15) is 5.75 Å². The number of carbonyl (C=O) groups excluding carboxylic acids is 1. The summed E-state index contributed by atoms with van der Waals surface area (Å²) in [7, 11) is 1.54. The number of ether oxygens (including phenoxy) is 1. The van der Waals surface area contributed by atoms with Crippen LogP contribution in [0, 0.1) is 0 Å². The Morgan fingerprint density at radius 2 is 1.78 bits per heavy atom. The molecule has 0 radical (unpaired) electrons. The molecule has 0 aliphatic carbocycles. The molecule has 0 aliphatic heterocycles. The minimum absolute atomic E-state index is 0.199. The summed E-state index contributed by atoms with van der Waals surface area (Å²) in [5, 5.41) is 2.87. The van der Waals surface area contributed by atoms with Crippen LogP contribution in [0.1, 0.15) is 24.2 Å². The molecule has 5 heteroatoms. The Kier molecular flexibility index (Phi) is 5.46. The lowest BCUT2D eigenvalue weighted by molar-refractivity contribution is 0.102. The topological polar surface area (TPSA) is 67.6 Å². The van der Waals surface area contributed by atoms with Crippen molar-refractivity contribution in [1.82, 2.24) is 0 Å². The zero-order chi connectivity index (χ0) is 16.8. The molecule has 122 valence electrons. The highest BCUT2D eigenvalue weighted by molar-refractivity contribution is 6.05. The van der Waals surface area contributed by atoms with Gasteiger partial charge in [-0.05, 0) is 56.3 Å². The molecule has 2 aromatic carbocycles. The molecule has 0 spiro atoms. The standard InChI is InChI=1S/C18H23N3O2/c1-4-21(5-2)15-9-7-14(8-10-15)20-18(22)13-6-11-17(23-3)16(19)12-13/h6-12H,4-5,19H2,1-3H3,(H,20,22). The first-order chi connectivity index (χ1) is 11.1. The molecule has 0 heterocycles. The third-order valence-electron chi connectivity index (χ3n) is 3.75. The minimum atomic E-state index is -0.199. The fraction of sp³-hybridized carbons (Fsp3) is 0.278. The normalized spacial score (nSPS) is 10.2. The van der Waals surface area contributed by atoms with Crippen molar-refractivity contribution in [2.24, 2.45) is 0 Å². The van der Waals surface area contributed by atoms with Gasteiger partial charge in [-0.1, -0.05) is 0 Å². The number of methoxy groups -OCH3 is 1. The van der Waals surface area contributed by atoms with E-state index in [0.29, 0.717) is 17.0 Å². The lowest BCUT2D eigenvalue weighted by atomic mass is 10.1. The van der Waals surface area contributed by atoms with Gasteiger partial charge in [-0.2, -0.15) is 0 Å². The highest BCUT2D eigenvalue weighted by Crippen LogP contribution is 2.23. The van der Waals surface area contributed by atoms with Crippen LogP contribution in [0.25, 0.3) is 0 Å². The van der Waals surface area contributed by atoms with E-state index in [0.717, 1.165) is 24.5 Å². The van der Waals surface area contributed by atoms with Crippen LogP contribution in [0.4, 0.5) is 17.1 Å². The number of nitrogens with zero attached hydrogens (tertiary/aromatic N) is 1. The molecule has 0 aromatic heterocycles. The van der Waals surface area contributed by atoms with E-state index in [9.17, 15) is 4.79 Å². The molecular formula is C18H23N3O2. The minimum Gasteiger partial charge on any atom is -0.495 e. The van der Waals surface area contributed by atoms with Crippen LogP contribution in [0.3, 0.4) is 0 Å². The second kappa shape index (κ2) is 7.54. The van der Waals surface area contributed by atoms with Crippen molar-refractivity contribution in [1.29, 1.82) is 0 Å². The van der Waals surface area contributed by atoms with E-state index in [-0.39, 0.29) is 5.91 Å². The highest BCUT2D eigenvalue weighted by Gasteiger charge is 2.09. The van der Waals surface area contributed by atoms with E-state index in [1.165, 1.54) is 0 Å². The van der Waals surface area contributed by atoms with Gasteiger partial charge in [0.25, 0.3) is 5.91 Å². The van der Waals surface area contributed by atoms with Crippen LogP contribution in [-0.4, -0.2) is 26.1 Å². The summed E-state index contributed by atoms with van der Waals surface area (Å²) < 4.78 is 5.09. The SMILES string of the molecule is CCN(CC)c1ccc(NC(=O)c2ccc(OC)c(N)c2)cc1. The quantitative estimate of drug-likeness (QED) is 0.802. The number of carbonyl (C=O) groups is 1. The summed E-state index contributed by atoms with van der Waals surface area (Å²) in [4.78, 5) is 14.5. The largest absolute Gasteiger partial charge is 0.495 e. The van der Waals surface area contributed by atoms with Crippen molar-refractivity contribution in [2.45, 2.75) is 13.8 Å². The monoisotopic (exact) mass is 313 g/mol. The van der Waals surface area contributed by atoms with Crippen LogP contribution >= 0.6 is 0 Å². The van der Waals surface area contributed by atoms with E-state index in [4.69, 9.17) is 10.5 Å². The van der Waals surface area contributed by atoms with E-state index in [2.05, 4.69) is 24.1 Å².